The van der Waals surface area contributed by atoms with E-state index in [-0.39, 0.29) is 0 Å². The van der Waals surface area contributed by atoms with Crippen LogP contribution >= 0.6 is 11.6 Å². The van der Waals surface area contributed by atoms with E-state index in [0.29, 0.717) is 22.4 Å². The van der Waals surface area contributed by atoms with Crippen LogP contribution in [0.4, 0.5) is 0 Å². The van der Waals surface area contributed by atoms with Gasteiger partial charge < -0.3 is 4.52 Å². The molecule has 2 aromatic rings. The molecule has 0 spiro atoms. The van der Waals surface area contributed by atoms with Crippen molar-refractivity contribution in [2.45, 2.75) is 13.3 Å². The highest BCUT2D eigenvalue weighted by Gasteiger charge is 2.11. The van der Waals surface area contributed by atoms with Gasteiger partial charge in [-0.1, -0.05) is 23.7 Å². The van der Waals surface area contributed by atoms with Crippen molar-refractivity contribution in [2.75, 3.05) is 0 Å². The van der Waals surface area contributed by atoms with Crippen LogP contribution in [0, 0.1) is 0 Å². The van der Waals surface area contributed by atoms with Crippen molar-refractivity contribution in [2.24, 2.45) is 0 Å². The van der Waals surface area contributed by atoms with E-state index in [9.17, 15) is 0 Å². The smallest absolute Gasteiger partial charge is 0.261 e. The summed E-state index contributed by atoms with van der Waals surface area (Å²) in [4.78, 5) is 8.09. The largest absolute Gasteiger partial charge is 0.334 e. The second-order valence-electron chi connectivity index (χ2n) is 2.71. The average Bonchev–Trinajstić information content (AvgIpc) is 2.67. The van der Waals surface area contributed by atoms with Gasteiger partial charge in [-0.3, -0.25) is 0 Å². The molecule has 0 bridgehead atoms. The Morgan fingerprint density at radius 3 is 3.00 bits per heavy atom. The third-order valence-electron chi connectivity index (χ3n) is 1.77. The third kappa shape index (κ3) is 1.61. The first-order valence-electron chi connectivity index (χ1n) is 4.24. The molecule has 2 heterocycles. The number of pyridine rings is 1. The Balaban J connectivity index is 2.44. The minimum atomic E-state index is 0.374. The summed E-state index contributed by atoms with van der Waals surface area (Å²) in [6.45, 7) is 1.96. The van der Waals surface area contributed by atoms with E-state index in [1.54, 1.807) is 18.3 Å². The Labute approximate surface area is 85.9 Å². The number of hydrogen-bond donors (Lipinski definition) is 0. The molecule has 14 heavy (non-hydrogen) atoms. The topological polar surface area (TPSA) is 51.8 Å². The summed E-state index contributed by atoms with van der Waals surface area (Å²) < 4.78 is 5.04. The second kappa shape index (κ2) is 3.75. The molecule has 72 valence electrons. The van der Waals surface area contributed by atoms with Gasteiger partial charge in [-0.15, -0.1) is 0 Å². The monoisotopic (exact) mass is 209 g/mol. The zero-order chi connectivity index (χ0) is 9.97. The van der Waals surface area contributed by atoms with Crippen LogP contribution < -0.4 is 0 Å². The number of halogens is 1. The van der Waals surface area contributed by atoms with E-state index in [4.69, 9.17) is 16.1 Å². The summed E-state index contributed by atoms with van der Waals surface area (Å²) in [5.41, 5.74) is 0.668. The first-order valence-corrected chi connectivity index (χ1v) is 4.62. The molecule has 2 aromatic heterocycles. The molecule has 0 saturated carbocycles. The minimum absolute atomic E-state index is 0.374. The lowest BCUT2D eigenvalue weighted by atomic mass is 10.3. The molecule has 4 nitrogen and oxygen atoms in total. The summed E-state index contributed by atoms with van der Waals surface area (Å²) in [5.74, 6) is 1.08. The minimum Gasteiger partial charge on any atom is -0.334 e. The van der Waals surface area contributed by atoms with Crippen molar-refractivity contribution in [1.29, 1.82) is 0 Å². The van der Waals surface area contributed by atoms with Crippen LogP contribution in [-0.2, 0) is 6.42 Å². The van der Waals surface area contributed by atoms with E-state index in [1.165, 1.54) is 0 Å². The number of aryl methyl sites for hydroxylation is 1. The van der Waals surface area contributed by atoms with Crippen molar-refractivity contribution in [3.63, 3.8) is 0 Å². The van der Waals surface area contributed by atoms with E-state index in [1.807, 2.05) is 6.92 Å². The van der Waals surface area contributed by atoms with Crippen LogP contribution in [0.1, 0.15) is 12.7 Å². The van der Waals surface area contributed by atoms with Crippen LogP contribution in [0.2, 0.25) is 5.15 Å². The molecule has 2 rings (SSSR count). The van der Waals surface area contributed by atoms with Gasteiger partial charge in [0.25, 0.3) is 5.89 Å². The molecule has 0 aliphatic heterocycles. The summed E-state index contributed by atoms with van der Waals surface area (Å²) in [5, 5.41) is 4.15. The molecule has 0 aromatic carbocycles. The molecule has 0 aliphatic carbocycles. The number of nitrogens with zero attached hydrogens (tertiary/aromatic N) is 3. The highest BCUT2D eigenvalue weighted by molar-refractivity contribution is 6.31. The van der Waals surface area contributed by atoms with Gasteiger partial charge >= 0.3 is 0 Å². The Bertz CT molecular complexity index is 441. The average molecular weight is 210 g/mol. The standard InChI is InChI=1S/C9H8ClN3O/c1-2-7-12-9(14-13-7)6-4-3-5-11-8(6)10/h3-5H,2H2,1H3. The molecule has 0 radical (unpaired) electrons. The van der Waals surface area contributed by atoms with Gasteiger partial charge in [0.1, 0.15) is 5.15 Å². The van der Waals surface area contributed by atoms with E-state index < -0.39 is 0 Å². The predicted molar refractivity (Wildman–Crippen MR) is 51.9 cm³/mol. The molecule has 0 saturated heterocycles. The van der Waals surface area contributed by atoms with Gasteiger partial charge in [-0.2, -0.15) is 4.98 Å². The van der Waals surface area contributed by atoms with Crippen LogP contribution in [-0.4, -0.2) is 15.1 Å². The third-order valence-corrected chi connectivity index (χ3v) is 2.08. The van der Waals surface area contributed by atoms with Crippen LogP contribution in [0.15, 0.2) is 22.9 Å². The zero-order valence-electron chi connectivity index (χ0n) is 7.57. The fraction of sp³-hybridized carbons (Fsp3) is 0.222. The van der Waals surface area contributed by atoms with Gasteiger partial charge in [0.2, 0.25) is 0 Å². The Morgan fingerprint density at radius 2 is 2.36 bits per heavy atom. The van der Waals surface area contributed by atoms with Crippen molar-refractivity contribution < 1.29 is 4.52 Å². The van der Waals surface area contributed by atoms with Crippen LogP contribution in [0.25, 0.3) is 11.5 Å². The fourth-order valence-electron chi connectivity index (χ4n) is 1.05. The van der Waals surface area contributed by atoms with Crippen LogP contribution in [0.5, 0.6) is 0 Å². The maximum atomic E-state index is 5.87. The maximum Gasteiger partial charge on any atom is 0.261 e. The van der Waals surface area contributed by atoms with Gasteiger partial charge in [0.15, 0.2) is 5.82 Å². The first kappa shape index (κ1) is 9.15. The van der Waals surface area contributed by atoms with Crippen LogP contribution in [0.3, 0.4) is 0 Å². The Morgan fingerprint density at radius 1 is 1.50 bits per heavy atom. The lowest BCUT2D eigenvalue weighted by Gasteiger charge is -1.94. The fourth-order valence-corrected chi connectivity index (χ4v) is 1.25. The zero-order valence-corrected chi connectivity index (χ0v) is 8.32. The van der Waals surface area contributed by atoms with Gasteiger partial charge in [-0.05, 0) is 12.1 Å². The quantitative estimate of drug-likeness (QED) is 0.713. The summed E-state index contributed by atoms with van der Waals surface area (Å²) in [6, 6.07) is 3.57. The SMILES string of the molecule is CCc1noc(-c2cccnc2Cl)n1. The second-order valence-corrected chi connectivity index (χ2v) is 3.07. The molecular formula is C9H8ClN3O. The lowest BCUT2D eigenvalue weighted by molar-refractivity contribution is 0.423. The van der Waals surface area contributed by atoms with Gasteiger partial charge in [0, 0.05) is 12.6 Å². The lowest BCUT2D eigenvalue weighted by Crippen LogP contribution is -1.84. The van der Waals surface area contributed by atoms with Crippen molar-refractivity contribution >= 4 is 11.6 Å². The first-order chi connectivity index (χ1) is 6.81. The molecule has 5 heteroatoms. The molecule has 0 fully saturated rings. The summed E-state index contributed by atoms with van der Waals surface area (Å²) in [6.07, 6.45) is 2.35. The highest BCUT2D eigenvalue weighted by Crippen LogP contribution is 2.23. The van der Waals surface area contributed by atoms with E-state index in [2.05, 4.69) is 15.1 Å². The van der Waals surface area contributed by atoms with Crippen molar-refractivity contribution in [1.82, 2.24) is 15.1 Å². The Kier molecular flexibility index (Phi) is 2.45. The van der Waals surface area contributed by atoms with Crippen molar-refractivity contribution in [3.8, 4) is 11.5 Å². The summed E-state index contributed by atoms with van der Waals surface area (Å²) in [7, 11) is 0. The molecule has 0 atom stereocenters. The van der Waals surface area contributed by atoms with Gasteiger partial charge in [0.05, 0.1) is 5.56 Å². The van der Waals surface area contributed by atoms with E-state index in [0.717, 1.165) is 6.42 Å². The number of rotatable bonds is 2. The van der Waals surface area contributed by atoms with Gasteiger partial charge in [-0.25, -0.2) is 4.98 Å². The molecule has 0 N–H and O–H groups in total. The molecule has 0 aliphatic rings. The number of hydrogen-bond acceptors (Lipinski definition) is 4. The molecular weight excluding hydrogens is 202 g/mol. The Hall–Kier alpha value is -1.42. The molecule has 0 unspecified atom stereocenters. The van der Waals surface area contributed by atoms with Crippen molar-refractivity contribution in [3.05, 3.63) is 29.3 Å². The predicted octanol–water partition coefficient (Wildman–Crippen LogP) is 2.35. The normalized spacial score (nSPS) is 10.4. The number of aromatic nitrogens is 3. The highest BCUT2D eigenvalue weighted by atomic mass is 35.5. The maximum absolute atomic E-state index is 5.87. The molecule has 0 amide bonds. The van der Waals surface area contributed by atoms with E-state index >= 15 is 0 Å². The summed E-state index contributed by atoms with van der Waals surface area (Å²) >= 11 is 5.87.